The third-order valence-corrected chi connectivity index (χ3v) is 5.24. The molecule has 0 saturated heterocycles. The molecule has 5 N–H and O–H groups in total. The van der Waals surface area contributed by atoms with Gasteiger partial charge in [0.05, 0.1) is 5.70 Å². The number of amidine groups is 1. The maximum absolute atomic E-state index is 12.8. The largest absolute Gasteiger partial charge is 0.331 e. The number of amides is 1. The standard InChI is InChI=1S/C18H21N9O/c1-10-9-27(12-4-2-3-5-12)16-15(20-10)17(28)23-18(19,22-16)21-11-6-7-13-14(8-11)25-26-24-13/h6-9,12,21H,2-5,19H2,1H3,(H,23,28)(H,24,25,26). The van der Waals surface area contributed by atoms with Gasteiger partial charge in [-0.05, 0) is 38.0 Å². The second-order valence-corrected chi connectivity index (χ2v) is 7.38. The van der Waals surface area contributed by atoms with Crippen molar-refractivity contribution in [3.05, 3.63) is 30.1 Å². The van der Waals surface area contributed by atoms with Crippen LogP contribution in [0.3, 0.4) is 0 Å². The van der Waals surface area contributed by atoms with Gasteiger partial charge in [0.1, 0.15) is 11.0 Å². The molecule has 3 heterocycles. The van der Waals surface area contributed by atoms with Gasteiger partial charge in [-0.3, -0.25) is 15.8 Å². The topological polar surface area (TPSA) is 137 Å². The van der Waals surface area contributed by atoms with Gasteiger partial charge in [0, 0.05) is 17.9 Å². The summed E-state index contributed by atoms with van der Waals surface area (Å²) < 4.78 is 0. The average molecular weight is 379 g/mol. The SMILES string of the molecule is CC1=CN(C2CCCC2)C2=NC(N)(Nc3ccc4n[nH]nc4c3)NC(=O)C2=N1. The van der Waals surface area contributed by atoms with E-state index in [9.17, 15) is 4.79 Å². The zero-order valence-electron chi connectivity index (χ0n) is 15.4. The highest BCUT2D eigenvalue weighted by Gasteiger charge is 2.41. The third-order valence-electron chi connectivity index (χ3n) is 5.24. The predicted molar refractivity (Wildman–Crippen MR) is 105 cm³/mol. The Hall–Kier alpha value is -3.27. The Balaban J connectivity index is 1.51. The van der Waals surface area contributed by atoms with Crippen molar-refractivity contribution in [1.29, 1.82) is 0 Å². The number of aromatic nitrogens is 3. The van der Waals surface area contributed by atoms with Crippen LogP contribution in [0.5, 0.6) is 0 Å². The number of nitrogens with two attached hydrogens (primary N) is 1. The maximum atomic E-state index is 12.8. The van der Waals surface area contributed by atoms with Crippen LogP contribution in [0.1, 0.15) is 32.6 Å². The van der Waals surface area contributed by atoms with Gasteiger partial charge in [-0.25, -0.2) is 9.98 Å². The van der Waals surface area contributed by atoms with Gasteiger partial charge in [0.2, 0.25) is 0 Å². The first-order chi connectivity index (χ1) is 13.5. The highest BCUT2D eigenvalue weighted by molar-refractivity contribution is 6.67. The molecule has 1 aliphatic carbocycles. The summed E-state index contributed by atoms with van der Waals surface area (Å²) in [5.74, 6) is -1.32. The minimum absolute atomic E-state index is 0.306. The van der Waals surface area contributed by atoms with Crippen LogP contribution in [0, 0.1) is 0 Å². The van der Waals surface area contributed by atoms with Crippen LogP contribution in [0.4, 0.5) is 5.69 Å². The molecule has 1 aromatic heterocycles. The van der Waals surface area contributed by atoms with E-state index >= 15 is 0 Å². The summed E-state index contributed by atoms with van der Waals surface area (Å²) in [5.41, 5.74) is 9.62. The van der Waals surface area contributed by atoms with Gasteiger partial charge >= 0.3 is 0 Å². The first-order valence-electron chi connectivity index (χ1n) is 9.36. The molecule has 1 amide bonds. The summed E-state index contributed by atoms with van der Waals surface area (Å²) >= 11 is 0. The van der Waals surface area contributed by atoms with Gasteiger partial charge in [-0.2, -0.15) is 15.4 Å². The number of nitrogens with one attached hydrogen (secondary N) is 3. The molecule has 5 rings (SSSR count). The van der Waals surface area contributed by atoms with Crippen molar-refractivity contribution >= 4 is 34.2 Å². The van der Waals surface area contributed by atoms with Crippen LogP contribution in [-0.4, -0.2) is 49.7 Å². The fourth-order valence-corrected chi connectivity index (χ4v) is 3.99. The van der Waals surface area contributed by atoms with Crippen LogP contribution in [0.15, 0.2) is 40.1 Å². The molecule has 10 heteroatoms. The van der Waals surface area contributed by atoms with Crippen LogP contribution in [0.25, 0.3) is 11.0 Å². The van der Waals surface area contributed by atoms with E-state index in [2.05, 4.69) is 40.9 Å². The molecule has 1 atom stereocenters. The first-order valence-corrected chi connectivity index (χ1v) is 9.36. The molecule has 144 valence electrons. The number of benzene rings is 1. The van der Waals surface area contributed by atoms with Crippen LogP contribution in [-0.2, 0) is 4.79 Å². The smallest absolute Gasteiger partial charge is 0.278 e. The molecule has 1 unspecified atom stereocenters. The zero-order valence-corrected chi connectivity index (χ0v) is 15.4. The van der Waals surface area contributed by atoms with Gasteiger partial charge in [-0.1, -0.05) is 12.8 Å². The molecular weight excluding hydrogens is 358 g/mol. The molecule has 28 heavy (non-hydrogen) atoms. The van der Waals surface area contributed by atoms with Crippen molar-refractivity contribution in [1.82, 2.24) is 25.6 Å². The summed E-state index contributed by atoms with van der Waals surface area (Å²) in [6.45, 7) is 1.88. The number of aliphatic imine (C=N–C) groups is 2. The number of fused-ring (bicyclic) bond motifs is 2. The number of aromatic amines is 1. The lowest BCUT2D eigenvalue weighted by Crippen LogP contribution is -2.67. The van der Waals surface area contributed by atoms with E-state index in [0.717, 1.165) is 24.1 Å². The number of hydrogen-bond acceptors (Lipinski definition) is 8. The molecule has 0 bridgehead atoms. The third kappa shape index (κ3) is 2.82. The number of anilines is 1. The number of rotatable bonds is 3. The molecule has 2 aromatic rings. The summed E-state index contributed by atoms with van der Waals surface area (Å²) in [5, 5.41) is 16.5. The summed E-state index contributed by atoms with van der Waals surface area (Å²) in [7, 11) is 0. The number of hydrogen-bond donors (Lipinski definition) is 4. The predicted octanol–water partition coefficient (Wildman–Crippen LogP) is 1.03. The molecule has 2 aliphatic heterocycles. The van der Waals surface area contributed by atoms with Gasteiger partial charge in [0.15, 0.2) is 11.5 Å². The van der Waals surface area contributed by atoms with E-state index in [4.69, 9.17) is 5.73 Å². The second kappa shape index (κ2) is 6.13. The Labute approximate surface area is 161 Å². The normalized spacial score (nSPS) is 25.1. The van der Waals surface area contributed by atoms with Crippen molar-refractivity contribution in [3.63, 3.8) is 0 Å². The van der Waals surface area contributed by atoms with E-state index < -0.39 is 5.91 Å². The maximum Gasteiger partial charge on any atom is 0.278 e. The van der Waals surface area contributed by atoms with E-state index in [0.29, 0.717) is 28.8 Å². The number of carbonyl (C=O) groups excluding carboxylic acids is 1. The zero-order chi connectivity index (χ0) is 19.3. The van der Waals surface area contributed by atoms with Crippen LogP contribution < -0.4 is 16.4 Å². The second-order valence-electron chi connectivity index (χ2n) is 7.38. The Morgan fingerprint density at radius 2 is 2.04 bits per heavy atom. The highest BCUT2D eigenvalue weighted by Crippen LogP contribution is 2.28. The van der Waals surface area contributed by atoms with E-state index in [1.54, 1.807) is 6.07 Å². The van der Waals surface area contributed by atoms with E-state index in [-0.39, 0.29) is 5.91 Å². The van der Waals surface area contributed by atoms with Crippen molar-refractivity contribution < 1.29 is 4.79 Å². The molecule has 1 fully saturated rings. The molecule has 10 nitrogen and oxygen atoms in total. The minimum atomic E-state index is -1.49. The lowest BCUT2D eigenvalue weighted by Gasteiger charge is -2.39. The molecule has 1 aromatic carbocycles. The molecule has 3 aliphatic rings. The van der Waals surface area contributed by atoms with Gasteiger partial charge in [-0.15, -0.1) is 0 Å². The van der Waals surface area contributed by atoms with E-state index in [1.165, 1.54) is 12.8 Å². The fraction of sp³-hybridized carbons (Fsp3) is 0.389. The highest BCUT2D eigenvalue weighted by atomic mass is 16.2. The lowest BCUT2D eigenvalue weighted by molar-refractivity contribution is -0.116. The Bertz CT molecular complexity index is 1050. The summed E-state index contributed by atoms with van der Waals surface area (Å²) in [6.07, 6.45) is 6.42. The molecule has 0 spiro atoms. The molecule has 1 saturated carbocycles. The van der Waals surface area contributed by atoms with Gasteiger partial charge in [0.25, 0.3) is 11.8 Å². The monoisotopic (exact) mass is 379 g/mol. The minimum Gasteiger partial charge on any atom is -0.331 e. The molecule has 0 radical (unpaired) electrons. The lowest BCUT2D eigenvalue weighted by atomic mass is 10.1. The summed E-state index contributed by atoms with van der Waals surface area (Å²) in [4.78, 5) is 23.9. The Morgan fingerprint density at radius 3 is 2.86 bits per heavy atom. The first kappa shape index (κ1) is 16.9. The van der Waals surface area contributed by atoms with Crippen LogP contribution in [0.2, 0.25) is 0 Å². The number of nitrogens with zero attached hydrogens (tertiary/aromatic N) is 5. The Kier molecular flexibility index (Phi) is 3.69. The van der Waals surface area contributed by atoms with Crippen molar-refractivity contribution in [2.75, 3.05) is 5.32 Å². The number of allylic oxidation sites excluding steroid dienone is 1. The average Bonchev–Trinajstić information content (AvgIpc) is 3.32. The van der Waals surface area contributed by atoms with Gasteiger partial charge < -0.3 is 10.2 Å². The van der Waals surface area contributed by atoms with E-state index in [1.807, 2.05) is 25.3 Å². The van der Waals surface area contributed by atoms with Crippen molar-refractivity contribution in [3.8, 4) is 0 Å². The molecular formula is C18H21N9O. The number of carbonyl (C=O) groups is 1. The Morgan fingerprint density at radius 1 is 1.25 bits per heavy atom. The van der Waals surface area contributed by atoms with Crippen molar-refractivity contribution in [2.45, 2.75) is 44.6 Å². The fourth-order valence-electron chi connectivity index (χ4n) is 3.99. The van der Waals surface area contributed by atoms with Crippen LogP contribution >= 0.6 is 0 Å². The quantitative estimate of drug-likeness (QED) is 0.588. The van der Waals surface area contributed by atoms with Crippen molar-refractivity contribution in [2.24, 2.45) is 15.7 Å². The summed E-state index contributed by atoms with van der Waals surface area (Å²) in [6, 6.07) is 5.73. The number of H-pyrrole nitrogens is 1.